The van der Waals surface area contributed by atoms with Gasteiger partial charge in [0.1, 0.15) is 21.3 Å². The third kappa shape index (κ3) is 7.55. The Morgan fingerprint density at radius 3 is 1.76 bits per heavy atom. The van der Waals surface area contributed by atoms with Gasteiger partial charge in [-0.1, -0.05) is 55.6 Å². The molecule has 0 radical (unpaired) electrons. The van der Waals surface area contributed by atoms with Crippen LogP contribution in [0.1, 0.15) is 20.8 Å². The summed E-state index contributed by atoms with van der Waals surface area (Å²) in [6.07, 6.45) is 6.79. The van der Waals surface area contributed by atoms with E-state index < -0.39 is 0 Å². The molecule has 1 aliphatic rings. The minimum atomic E-state index is 0.198. The van der Waals surface area contributed by atoms with E-state index in [2.05, 4.69) is 55.9 Å². The fourth-order valence-corrected chi connectivity index (χ4v) is 4.36. The number of halogens is 3. The van der Waals surface area contributed by atoms with E-state index in [9.17, 15) is 0 Å². The van der Waals surface area contributed by atoms with Gasteiger partial charge in [-0.3, -0.25) is 9.97 Å². The Morgan fingerprint density at radius 2 is 1.24 bits per heavy atom. The Morgan fingerprint density at radius 1 is 0.757 bits per heavy atom. The molecule has 192 valence electrons. The summed E-state index contributed by atoms with van der Waals surface area (Å²) in [5, 5.41) is 4.72. The summed E-state index contributed by atoms with van der Waals surface area (Å²) in [7, 11) is 0. The van der Waals surface area contributed by atoms with Crippen molar-refractivity contribution < 1.29 is 0 Å². The molecule has 1 fully saturated rings. The molecule has 1 saturated heterocycles. The molecular formula is C26H27Cl3N8. The number of anilines is 1. The lowest BCUT2D eigenvalue weighted by Gasteiger charge is -2.41. The van der Waals surface area contributed by atoms with E-state index in [0.717, 1.165) is 36.6 Å². The van der Waals surface area contributed by atoms with Crippen molar-refractivity contribution in [3.63, 3.8) is 0 Å². The van der Waals surface area contributed by atoms with E-state index in [1.165, 1.54) is 6.07 Å². The van der Waals surface area contributed by atoms with Crippen molar-refractivity contribution >= 4 is 40.6 Å². The lowest BCUT2D eigenvalue weighted by molar-refractivity contribution is 0.253. The first kappa shape index (κ1) is 27.1. The van der Waals surface area contributed by atoms with E-state index in [-0.39, 0.29) is 5.41 Å². The van der Waals surface area contributed by atoms with Gasteiger partial charge in [0.15, 0.2) is 11.6 Å². The third-order valence-corrected chi connectivity index (χ3v) is 6.35. The van der Waals surface area contributed by atoms with Crippen molar-refractivity contribution in [1.82, 2.24) is 35.2 Å². The SMILES string of the molecule is CC(C)(C)[C@H]1CN(c2cc(Cl)nc(-c3ccncc3)n2)CCN1.Clc1cc(Cl)nc(-c2ccncc2)n1. The lowest BCUT2D eigenvalue weighted by atomic mass is 9.85. The number of pyridine rings is 2. The molecule has 0 aliphatic carbocycles. The minimum Gasteiger partial charge on any atom is -0.354 e. The number of nitrogens with zero attached hydrogens (tertiary/aromatic N) is 7. The summed E-state index contributed by atoms with van der Waals surface area (Å²) in [6.45, 7) is 9.52. The number of hydrogen-bond donors (Lipinski definition) is 1. The molecule has 0 saturated carbocycles. The van der Waals surface area contributed by atoms with Crippen molar-refractivity contribution in [3.05, 3.63) is 76.6 Å². The highest BCUT2D eigenvalue weighted by molar-refractivity contribution is 6.33. The second-order valence-electron chi connectivity index (χ2n) is 9.50. The zero-order chi connectivity index (χ0) is 26.4. The zero-order valence-corrected chi connectivity index (χ0v) is 23.0. The standard InChI is InChI=1S/C17H22ClN5.C9H5Cl2N3/c1-17(2,3)13-11-23(9-8-20-13)15-10-14(18)21-16(22-15)12-4-6-19-7-5-12;10-7-5-8(11)14-9(13-7)6-1-3-12-4-2-6/h4-7,10,13,20H,8-9,11H2,1-3H3;1-5H/t13-;/m1./s1. The molecule has 5 rings (SSSR count). The quantitative estimate of drug-likeness (QED) is 0.313. The van der Waals surface area contributed by atoms with E-state index in [4.69, 9.17) is 39.8 Å². The first-order chi connectivity index (χ1) is 17.7. The van der Waals surface area contributed by atoms with Crippen LogP contribution in [0.5, 0.6) is 0 Å². The minimum absolute atomic E-state index is 0.198. The highest BCUT2D eigenvalue weighted by Crippen LogP contribution is 2.27. The maximum absolute atomic E-state index is 6.24. The number of hydrogen-bond acceptors (Lipinski definition) is 8. The molecule has 8 nitrogen and oxygen atoms in total. The molecule has 1 atom stereocenters. The van der Waals surface area contributed by atoms with Gasteiger partial charge < -0.3 is 10.2 Å². The molecule has 0 unspecified atom stereocenters. The van der Waals surface area contributed by atoms with Crippen molar-refractivity contribution in [1.29, 1.82) is 0 Å². The van der Waals surface area contributed by atoms with E-state index in [0.29, 0.717) is 33.1 Å². The van der Waals surface area contributed by atoms with Crippen molar-refractivity contribution in [2.45, 2.75) is 26.8 Å². The molecule has 5 heterocycles. The first-order valence-electron chi connectivity index (χ1n) is 11.7. The van der Waals surface area contributed by atoms with Crippen LogP contribution in [-0.4, -0.2) is 55.6 Å². The topological polar surface area (TPSA) is 92.6 Å². The van der Waals surface area contributed by atoms with E-state index in [1.54, 1.807) is 36.9 Å². The van der Waals surface area contributed by atoms with Gasteiger partial charge in [0.2, 0.25) is 0 Å². The van der Waals surface area contributed by atoms with Gasteiger partial charge in [-0.05, 0) is 29.7 Å². The van der Waals surface area contributed by atoms with Crippen LogP contribution in [0.3, 0.4) is 0 Å². The predicted molar refractivity (Wildman–Crippen MR) is 149 cm³/mol. The summed E-state index contributed by atoms with van der Waals surface area (Å²) < 4.78 is 0. The Balaban J connectivity index is 0.000000195. The zero-order valence-electron chi connectivity index (χ0n) is 20.7. The molecule has 0 bridgehead atoms. The summed E-state index contributed by atoms with van der Waals surface area (Å²) in [4.78, 5) is 27.4. The molecule has 0 amide bonds. The number of nitrogens with one attached hydrogen (secondary N) is 1. The molecule has 4 aromatic rings. The van der Waals surface area contributed by atoms with Gasteiger partial charge in [0.05, 0.1) is 0 Å². The number of rotatable bonds is 3. The van der Waals surface area contributed by atoms with Crippen LogP contribution in [0.15, 0.2) is 61.2 Å². The van der Waals surface area contributed by atoms with Crippen LogP contribution >= 0.6 is 34.8 Å². The maximum atomic E-state index is 6.24. The van der Waals surface area contributed by atoms with Gasteiger partial charge in [0.25, 0.3) is 0 Å². The van der Waals surface area contributed by atoms with Crippen molar-refractivity contribution in [2.75, 3.05) is 24.5 Å². The highest BCUT2D eigenvalue weighted by atomic mass is 35.5. The second-order valence-corrected chi connectivity index (χ2v) is 10.7. The van der Waals surface area contributed by atoms with Gasteiger partial charge in [-0.2, -0.15) is 0 Å². The molecule has 0 spiro atoms. The molecule has 0 aromatic carbocycles. The molecule has 37 heavy (non-hydrogen) atoms. The largest absolute Gasteiger partial charge is 0.354 e. The van der Waals surface area contributed by atoms with Crippen LogP contribution in [-0.2, 0) is 0 Å². The number of aromatic nitrogens is 6. The molecule has 4 aromatic heterocycles. The Bertz CT molecular complexity index is 1300. The Hall–Kier alpha value is -2.91. The van der Waals surface area contributed by atoms with E-state index >= 15 is 0 Å². The molecule has 11 heteroatoms. The molecule has 1 aliphatic heterocycles. The van der Waals surface area contributed by atoms with Crippen LogP contribution < -0.4 is 10.2 Å². The average molecular weight is 558 g/mol. The second kappa shape index (κ2) is 12.1. The van der Waals surface area contributed by atoms with Gasteiger partial charge in [-0.25, -0.2) is 19.9 Å². The first-order valence-corrected chi connectivity index (χ1v) is 12.9. The summed E-state index contributed by atoms with van der Waals surface area (Å²) in [5.41, 5.74) is 1.96. The summed E-state index contributed by atoms with van der Waals surface area (Å²) >= 11 is 17.7. The highest BCUT2D eigenvalue weighted by Gasteiger charge is 2.30. The summed E-state index contributed by atoms with van der Waals surface area (Å²) in [6, 6.07) is 11.1. The van der Waals surface area contributed by atoms with Gasteiger partial charge >= 0.3 is 0 Å². The summed E-state index contributed by atoms with van der Waals surface area (Å²) in [5.74, 6) is 2.03. The van der Waals surface area contributed by atoms with E-state index in [1.807, 2.05) is 18.2 Å². The van der Waals surface area contributed by atoms with Gasteiger partial charge in [0, 0.05) is 73.7 Å². The van der Waals surface area contributed by atoms with Crippen molar-refractivity contribution in [3.8, 4) is 22.8 Å². The normalized spacial score (nSPS) is 15.6. The average Bonchev–Trinajstić information content (AvgIpc) is 2.89. The third-order valence-electron chi connectivity index (χ3n) is 5.77. The van der Waals surface area contributed by atoms with Crippen LogP contribution in [0.4, 0.5) is 5.82 Å². The van der Waals surface area contributed by atoms with Gasteiger partial charge in [-0.15, -0.1) is 0 Å². The Kier molecular flexibility index (Phi) is 8.87. The fraction of sp³-hybridized carbons (Fsp3) is 0.308. The van der Waals surface area contributed by atoms with Crippen LogP contribution in [0, 0.1) is 5.41 Å². The maximum Gasteiger partial charge on any atom is 0.163 e. The smallest absolute Gasteiger partial charge is 0.163 e. The van der Waals surface area contributed by atoms with Crippen molar-refractivity contribution in [2.24, 2.45) is 5.41 Å². The molecular weight excluding hydrogens is 531 g/mol. The van der Waals surface area contributed by atoms with Crippen LogP contribution in [0.2, 0.25) is 15.5 Å². The fourth-order valence-electron chi connectivity index (χ4n) is 3.76. The lowest BCUT2D eigenvalue weighted by Crippen LogP contribution is -2.56. The van der Waals surface area contributed by atoms with Crippen LogP contribution in [0.25, 0.3) is 22.8 Å². The number of piperazine rings is 1. The Labute approximate surface area is 231 Å². The monoisotopic (exact) mass is 556 g/mol. The molecule has 1 N–H and O–H groups in total. The predicted octanol–water partition coefficient (Wildman–Crippen LogP) is 5.86.